The Morgan fingerprint density at radius 3 is 2.38 bits per heavy atom. The molecule has 0 saturated carbocycles. The Morgan fingerprint density at radius 2 is 1.79 bits per heavy atom. The maximum atomic E-state index is 12.7. The summed E-state index contributed by atoms with van der Waals surface area (Å²) in [5.41, 5.74) is 0.319. The predicted octanol–water partition coefficient (Wildman–Crippen LogP) is 3.83. The van der Waals surface area contributed by atoms with E-state index in [9.17, 15) is 13.5 Å². The number of halogens is 1. The van der Waals surface area contributed by atoms with Gasteiger partial charge in [0, 0.05) is 14.1 Å². The number of phenols is 1. The summed E-state index contributed by atoms with van der Waals surface area (Å²) in [7, 11) is -1.36. The SMILES string of the molecule is CC[C@@H](Nc1nc2nonc2nc1Nc1ccc(Cl)c(S(=O)(=O)N(C)C)c1O)c1ccc(C)o1. The van der Waals surface area contributed by atoms with E-state index in [0.29, 0.717) is 12.2 Å². The highest BCUT2D eigenvalue weighted by Crippen LogP contribution is 2.40. The van der Waals surface area contributed by atoms with Gasteiger partial charge in [-0.05, 0) is 47.9 Å². The first-order valence-electron chi connectivity index (χ1n) is 10.2. The standard InChI is InChI=1S/C20H22ClN7O5S/c1-5-12(14-9-6-10(2)32-14)22-17-18(25-20-19(24-17)26-33-27-20)23-13-8-7-11(21)16(15(13)29)34(30,31)28(3)4/h6-9,12,29H,5H2,1-4H3,(H,22,24,26)(H,23,25,27)/t12-/m1/s1. The molecule has 180 valence electrons. The maximum Gasteiger partial charge on any atom is 0.247 e. The molecular formula is C20H22ClN7O5S. The van der Waals surface area contributed by atoms with Gasteiger partial charge in [0.25, 0.3) is 0 Å². The third-order valence-corrected chi connectivity index (χ3v) is 7.33. The fourth-order valence-electron chi connectivity index (χ4n) is 3.21. The topological polar surface area (TPSA) is 160 Å². The van der Waals surface area contributed by atoms with Crippen molar-refractivity contribution in [3.8, 4) is 5.75 Å². The molecule has 0 radical (unpaired) electrons. The summed E-state index contributed by atoms with van der Waals surface area (Å²) in [4.78, 5) is 8.35. The lowest BCUT2D eigenvalue weighted by molar-refractivity contribution is 0.314. The van der Waals surface area contributed by atoms with Crippen LogP contribution in [-0.2, 0) is 10.0 Å². The van der Waals surface area contributed by atoms with Crippen molar-refractivity contribution < 1.29 is 22.6 Å². The number of aryl methyl sites for hydroxylation is 1. The van der Waals surface area contributed by atoms with Crippen LogP contribution >= 0.6 is 11.6 Å². The van der Waals surface area contributed by atoms with E-state index in [0.717, 1.165) is 10.1 Å². The maximum absolute atomic E-state index is 12.7. The predicted molar refractivity (Wildman–Crippen MR) is 125 cm³/mol. The molecule has 0 saturated heterocycles. The molecule has 4 rings (SSSR count). The number of hydrogen-bond donors (Lipinski definition) is 3. The van der Waals surface area contributed by atoms with E-state index >= 15 is 0 Å². The molecule has 0 spiro atoms. The van der Waals surface area contributed by atoms with Crippen LogP contribution in [0.1, 0.15) is 30.9 Å². The number of aromatic nitrogens is 4. The summed E-state index contributed by atoms with van der Waals surface area (Å²) in [6.07, 6.45) is 0.653. The summed E-state index contributed by atoms with van der Waals surface area (Å²) in [5.74, 6) is 1.30. The second-order valence-electron chi connectivity index (χ2n) is 7.57. The van der Waals surface area contributed by atoms with Crippen LogP contribution in [0.4, 0.5) is 17.3 Å². The summed E-state index contributed by atoms with van der Waals surface area (Å²) < 4.78 is 36.8. The zero-order chi connectivity index (χ0) is 24.6. The number of nitrogens with zero attached hydrogens (tertiary/aromatic N) is 5. The van der Waals surface area contributed by atoms with E-state index < -0.39 is 20.7 Å². The molecule has 0 aliphatic heterocycles. The number of rotatable bonds is 8. The Hall–Kier alpha value is -3.42. The van der Waals surface area contributed by atoms with Crippen molar-refractivity contribution in [2.24, 2.45) is 0 Å². The highest BCUT2D eigenvalue weighted by molar-refractivity contribution is 7.89. The van der Waals surface area contributed by atoms with Gasteiger partial charge in [0.2, 0.25) is 21.3 Å². The molecule has 34 heavy (non-hydrogen) atoms. The van der Waals surface area contributed by atoms with Gasteiger partial charge >= 0.3 is 0 Å². The van der Waals surface area contributed by atoms with Gasteiger partial charge < -0.3 is 20.2 Å². The van der Waals surface area contributed by atoms with Gasteiger partial charge in [-0.3, -0.25) is 0 Å². The molecule has 14 heteroatoms. The van der Waals surface area contributed by atoms with Gasteiger partial charge in [-0.15, -0.1) is 0 Å². The Labute approximate surface area is 200 Å². The zero-order valence-electron chi connectivity index (χ0n) is 18.7. The van der Waals surface area contributed by atoms with Crippen molar-refractivity contribution in [1.29, 1.82) is 0 Å². The Kier molecular flexibility index (Phi) is 6.34. The smallest absolute Gasteiger partial charge is 0.247 e. The molecule has 1 atom stereocenters. The van der Waals surface area contributed by atoms with Crippen LogP contribution in [0, 0.1) is 6.92 Å². The lowest BCUT2D eigenvalue weighted by Crippen LogP contribution is -2.22. The largest absolute Gasteiger partial charge is 0.504 e. The number of phenolic OH excluding ortho intramolecular Hbond substituents is 1. The third-order valence-electron chi connectivity index (χ3n) is 5.01. The van der Waals surface area contributed by atoms with Crippen LogP contribution in [0.2, 0.25) is 5.02 Å². The van der Waals surface area contributed by atoms with Crippen LogP contribution < -0.4 is 10.6 Å². The second kappa shape index (κ2) is 9.08. The Bertz CT molecular complexity index is 1450. The van der Waals surface area contributed by atoms with Crippen molar-refractivity contribution in [1.82, 2.24) is 24.6 Å². The molecule has 0 fully saturated rings. The van der Waals surface area contributed by atoms with Crippen molar-refractivity contribution >= 4 is 50.2 Å². The van der Waals surface area contributed by atoms with Crippen molar-refractivity contribution in [2.45, 2.75) is 31.2 Å². The summed E-state index contributed by atoms with van der Waals surface area (Å²) in [6.45, 7) is 3.81. The minimum Gasteiger partial charge on any atom is -0.504 e. The molecule has 3 aromatic heterocycles. The normalized spacial score (nSPS) is 12.9. The van der Waals surface area contributed by atoms with E-state index in [-0.39, 0.29) is 39.7 Å². The first kappa shape index (κ1) is 23.7. The minimum atomic E-state index is -4.04. The molecule has 4 aromatic rings. The van der Waals surface area contributed by atoms with E-state index in [2.05, 4.69) is 30.9 Å². The monoisotopic (exact) mass is 507 g/mol. The third kappa shape index (κ3) is 4.36. The fraction of sp³-hybridized carbons (Fsp3) is 0.300. The number of hydrogen-bond acceptors (Lipinski definition) is 11. The van der Waals surface area contributed by atoms with Crippen LogP contribution in [0.3, 0.4) is 0 Å². The Balaban J connectivity index is 1.78. The number of nitrogens with one attached hydrogen (secondary N) is 2. The van der Waals surface area contributed by atoms with E-state index in [1.54, 1.807) is 0 Å². The first-order chi connectivity index (χ1) is 16.1. The second-order valence-corrected chi connectivity index (χ2v) is 10.1. The lowest BCUT2D eigenvalue weighted by atomic mass is 10.1. The highest BCUT2D eigenvalue weighted by Gasteiger charge is 2.28. The highest BCUT2D eigenvalue weighted by atomic mass is 35.5. The number of aromatic hydroxyl groups is 1. The molecule has 1 aromatic carbocycles. The van der Waals surface area contributed by atoms with Gasteiger partial charge in [-0.25, -0.2) is 27.3 Å². The van der Waals surface area contributed by atoms with Gasteiger partial charge in [0.1, 0.15) is 16.4 Å². The van der Waals surface area contributed by atoms with Crippen molar-refractivity contribution in [3.63, 3.8) is 0 Å². The van der Waals surface area contributed by atoms with Crippen molar-refractivity contribution in [3.05, 3.63) is 40.8 Å². The molecule has 0 amide bonds. The first-order valence-corrected chi connectivity index (χ1v) is 12.0. The molecule has 12 nitrogen and oxygen atoms in total. The van der Waals surface area contributed by atoms with Gasteiger partial charge in [-0.1, -0.05) is 18.5 Å². The van der Waals surface area contributed by atoms with Crippen molar-refractivity contribution in [2.75, 3.05) is 24.7 Å². The minimum absolute atomic E-state index is 0.0415. The summed E-state index contributed by atoms with van der Waals surface area (Å²) >= 11 is 6.11. The summed E-state index contributed by atoms with van der Waals surface area (Å²) in [6, 6.07) is 6.24. The molecular weight excluding hydrogens is 486 g/mol. The molecule has 3 heterocycles. The summed E-state index contributed by atoms with van der Waals surface area (Å²) in [5, 5.41) is 24.3. The number of sulfonamides is 1. The molecule has 0 aliphatic carbocycles. The fourth-order valence-corrected chi connectivity index (χ4v) is 4.69. The van der Waals surface area contributed by atoms with Crippen LogP contribution in [0.5, 0.6) is 5.75 Å². The average Bonchev–Trinajstić information content (AvgIpc) is 3.42. The quantitative estimate of drug-likeness (QED) is 0.297. The lowest BCUT2D eigenvalue weighted by Gasteiger charge is -2.19. The zero-order valence-corrected chi connectivity index (χ0v) is 20.3. The number of anilines is 3. The van der Waals surface area contributed by atoms with E-state index in [4.69, 9.17) is 20.6 Å². The Morgan fingerprint density at radius 1 is 1.12 bits per heavy atom. The van der Waals surface area contributed by atoms with Crippen LogP contribution in [0.15, 0.2) is 38.2 Å². The number of fused-ring (bicyclic) bond motifs is 1. The molecule has 0 aliphatic rings. The van der Waals surface area contributed by atoms with Gasteiger partial charge in [-0.2, -0.15) is 0 Å². The molecule has 0 unspecified atom stereocenters. The van der Waals surface area contributed by atoms with Crippen LogP contribution in [-0.4, -0.2) is 52.2 Å². The number of benzene rings is 1. The van der Waals surface area contributed by atoms with E-state index in [1.807, 2.05) is 26.0 Å². The average molecular weight is 508 g/mol. The van der Waals surface area contributed by atoms with Crippen LogP contribution in [0.25, 0.3) is 11.3 Å². The molecule has 0 bridgehead atoms. The van der Waals surface area contributed by atoms with E-state index in [1.165, 1.54) is 26.2 Å². The number of furan rings is 1. The van der Waals surface area contributed by atoms with Gasteiger partial charge in [0.05, 0.1) is 16.8 Å². The van der Waals surface area contributed by atoms with Gasteiger partial charge in [0.15, 0.2) is 17.4 Å². The molecule has 3 N–H and O–H groups in total.